The molecule has 0 aliphatic carbocycles. The van der Waals surface area contributed by atoms with E-state index < -0.39 is 34.5 Å². The minimum Gasteiger partial charge on any atom is -0.504 e. The summed E-state index contributed by atoms with van der Waals surface area (Å²) in [4.78, 5) is 21.7. The van der Waals surface area contributed by atoms with Gasteiger partial charge >= 0.3 is 0 Å². The van der Waals surface area contributed by atoms with E-state index in [9.17, 15) is 40.2 Å². The number of hydrogen-bond acceptors (Lipinski definition) is 8. The minimum absolute atomic E-state index is 0.0559. The van der Waals surface area contributed by atoms with Gasteiger partial charge in [-0.15, -0.1) is 0 Å². The molecular weight excluding hydrogens is 308 g/mol. The number of carbonyl (C=O) groups is 2. The van der Waals surface area contributed by atoms with E-state index in [0.717, 1.165) is 12.1 Å². The fourth-order valence-electron chi connectivity index (χ4n) is 2.11. The standard InChI is InChI=1S/C15H12O8/c16-4-8-2-6(10(18)14(22)12(8)20)1-7-3-9(5-17)13(21)15(23)11(7)19/h2-5,18-23H,1H2. The maximum atomic E-state index is 10.8. The summed E-state index contributed by atoms with van der Waals surface area (Å²) in [6, 6.07) is 2.14. The second-order valence-electron chi connectivity index (χ2n) is 4.75. The van der Waals surface area contributed by atoms with Crippen LogP contribution in [0.25, 0.3) is 0 Å². The molecule has 0 spiro atoms. The maximum absolute atomic E-state index is 10.8. The van der Waals surface area contributed by atoms with Crippen LogP contribution in [-0.4, -0.2) is 43.2 Å². The van der Waals surface area contributed by atoms with Crippen molar-refractivity contribution in [3.05, 3.63) is 34.4 Å². The van der Waals surface area contributed by atoms with Gasteiger partial charge in [0, 0.05) is 17.5 Å². The molecule has 0 radical (unpaired) electrons. The fourth-order valence-corrected chi connectivity index (χ4v) is 2.11. The van der Waals surface area contributed by atoms with Crippen LogP contribution < -0.4 is 0 Å². The number of phenolic OH excluding ortho intramolecular Hbond substituents is 6. The van der Waals surface area contributed by atoms with E-state index in [1.165, 1.54) is 0 Å². The Kier molecular flexibility index (Phi) is 4.00. The number of carbonyl (C=O) groups excluding carboxylic acids is 2. The number of benzene rings is 2. The minimum atomic E-state index is -0.914. The first kappa shape index (κ1) is 16.0. The Morgan fingerprint density at radius 1 is 0.609 bits per heavy atom. The summed E-state index contributed by atoms with van der Waals surface area (Å²) in [7, 11) is 0. The lowest BCUT2D eigenvalue weighted by atomic mass is 9.98. The van der Waals surface area contributed by atoms with Gasteiger partial charge in [-0.25, -0.2) is 0 Å². The summed E-state index contributed by atoms with van der Waals surface area (Å²) in [5.41, 5.74) is -0.707. The van der Waals surface area contributed by atoms with Crippen LogP contribution in [-0.2, 0) is 6.42 Å². The summed E-state index contributed by atoms with van der Waals surface area (Å²) in [6.07, 6.45) is 0.201. The molecule has 0 saturated heterocycles. The predicted molar refractivity (Wildman–Crippen MR) is 76.5 cm³/mol. The summed E-state index contributed by atoms with van der Waals surface area (Å²) in [5.74, 6) is -4.88. The molecule has 0 bridgehead atoms. The molecule has 0 unspecified atom stereocenters. The van der Waals surface area contributed by atoms with Crippen LogP contribution in [0, 0.1) is 0 Å². The van der Waals surface area contributed by atoms with Gasteiger partial charge in [0.2, 0.25) is 11.5 Å². The van der Waals surface area contributed by atoms with Crippen molar-refractivity contribution in [3.8, 4) is 34.5 Å². The van der Waals surface area contributed by atoms with Crippen LogP contribution in [0.15, 0.2) is 12.1 Å². The SMILES string of the molecule is O=Cc1cc(Cc2cc(C=O)c(O)c(O)c2O)c(O)c(O)c1O. The Hall–Kier alpha value is -3.42. The lowest BCUT2D eigenvalue weighted by Crippen LogP contribution is -1.96. The molecule has 0 atom stereocenters. The Morgan fingerprint density at radius 2 is 0.957 bits per heavy atom. The van der Waals surface area contributed by atoms with E-state index in [2.05, 4.69) is 0 Å². The monoisotopic (exact) mass is 320 g/mol. The zero-order valence-corrected chi connectivity index (χ0v) is 11.5. The van der Waals surface area contributed by atoms with Crippen molar-refractivity contribution in [1.82, 2.24) is 0 Å². The molecule has 0 aliphatic rings. The molecule has 0 fully saturated rings. The van der Waals surface area contributed by atoms with Crippen molar-refractivity contribution in [1.29, 1.82) is 0 Å². The summed E-state index contributed by atoms with van der Waals surface area (Å²) < 4.78 is 0. The van der Waals surface area contributed by atoms with Crippen LogP contribution in [0.5, 0.6) is 34.5 Å². The van der Waals surface area contributed by atoms with Gasteiger partial charge in [0.05, 0.1) is 11.1 Å². The average molecular weight is 320 g/mol. The van der Waals surface area contributed by atoms with E-state index in [4.69, 9.17) is 0 Å². The van der Waals surface area contributed by atoms with Crippen LogP contribution >= 0.6 is 0 Å². The second-order valence-corrected chi connectivity index (χ2v) is 4.75. The van der Waals surface area contributed by atoms with Gasteiger partial charge in [0.15, 0.2) is 35.6 Å². The van der Waals surface area contributed by atoms with Crippen molar-refractivity contribution >= 4 is 12.6 Å². The zero-order chi connectivity index (χ0) is 17.3. The van der Waals surface area contributed by atoms with E-state index in [1.54, 1.807) is 0 Å². The van der Waals surface area contributed by atoms with Crippen LogP contribution in [0.1, 0.15) is 31.8 Å². The molecule has 2 rings (SSSR count). The molecule has 120 valence electrons. The number of hydrogen-bond donors (Lipinski definition) is 6. The Balaban J connectivity index is 2.60. The van der Waals surface area contributed by atoms with Gasteiger partial charge in [0.25, 0.3) is 0 Å². The van der Waals surface area contributed by atoms with Crippen LogP contribution in [0.4, 0.5) is 0 Å². The van der Waals surface area contributed by atoms with Gasteiger partial charge < -0.3 is 30.6 Å². The van der Waals surface area contributed by atoms with Crippen molar-refractivity contribution in [3.63, 3.8) is 0 Å². The van der Waals surface area contributed by atoms with Crippen molar-refractivity contribution in [2.24, 2.45) is 0 Å². The Bertz CT molecular complexity index is 743. The lowest BCUT2D eigenvalue weighted by molar-refractivity contribution is 0.111. The van der Waals surface area contributed by atoms with Crippen molar-refractivity contribution in [2.75, 3.05) is 0 Å². The third-order valence-electron chi connectivity index (χ3n) is 3.35. The van der Waals surface area contributed by atoms with Gasteiger partial charge in [-0.2, -0.15) is 0 Å². The van der Waals surface area contributed by atoms with Gasteiger partial charge in [-0.1, -0.05) is 0 Å². The van der Waals surface area contributed by atoms with Crippen molar-refractivity contribution in [2.45, 2.75) is 6.42 Å². The molecule has 0 aromatic heterocycles. The van der Waals surface area contributed by atoms with Gasteiger partial charge in [0.1, 0.15) is 0 Å². The molecular formula is C15H12O8. The first-order valence-electron chi connectivity index (χ1n) is 6.25. The third kappa shape index (κ3) is 2.57. The molecule has 0 saturated carbocycles. The molecule has 0 amide bonds. The Morgan fingerprint density at radius 3 is 1.26 bits per heavy atom. The quantitative estimate of drug-likeness (QED) is 0.362. The highest BCUT2D eigenvalue weighted by molar-refractivity contribution is 5.84. The van der Waals surface area contributed by atoms with Gasteiger partial charge in [-0.05, 0) is 12.1 Å². The van der Waals surface area contributed by atoms with Crippen LogP contribution in [0.2, 0.25) is 0 Å². The molecule has 2 aromatic rings. The fraction of sp³-hybridized carbons (Fsp3) is 0.0667. The number of aromatic hydroxyl groups is 6. The smallest absolute Gasteiger partial charge is 0.201 e. The number of aldehydes is 2. The normalized spacial score (nSPS) is 10.4. The molecule has 8 heteroatoms. The van der Waals surface area contributed by atoms with E-state index in [-0.39, 0.29) is 41.2 Å². The lowest BCUT2D eigenvalue weighted by Gasteiger charge is -2.13. The molecule has 8 nitrogen and oxygen atoms in total. The third-order valence-corrected chi connectivity index (χ3v) is 3.35. The first-order valence-corrected chi connectivity index (χ1v) is 6.25. The average Bonchev–Trinajstić information content (AvgIpc) is 2.55. The summed E-state index contributed by atoms with van der Waals surface area (Å²) in [6.45, 7) is 0. The first-order chi connectivity index (χ1) is 10.8. The molecule has 0 heterocycles. The highest BCUT2D eigenvalue weighted by Gasteiger charge is 2.21. The summed E-state index contributed by atoms with van der Waals surface area (Å²) >= 11 is 0. The molecule has 2 aromatic carbocycles. The molecule has 0 aliphatic heterocycles. The van der Waals surface area contributed by atoms with E-state index in [0.29, 0.717) is 0 Å². The van der Waals surface area contributed by atoms with Crippen molar-refractivity contribution < 1.29 is 40.2 Å². The molecule has 23 heavy (non-hydrogen) atoms. The Labute approximate surface area is 129 Å². The highest BCUT2D eigenvalue weighted by Crippen LogP contribution is 2.44. The van der Waals surface area contributed by atoms with E-state index >= 15 is 0 Å². The molecule has 6 N–H and O–H groups in total. The zero-order valence-electron chi connectivity index (χ0n) is 11.5. The topological polar surface area (TPSA) is 156 Å². The second kappa shape index (κ2) is 5.76. The number of rotatable bonds is 4. The van der Waals surface area contributed by atoms with E-state index in [1.807, 2.05) is 0 Å². The largest absolute Gasteiger partial charge is 0.504 e. The predicted octanol–water partition coefficient (Wildman–Crippen LogP) is 1.14. The van der Waals surface area contributed by atoms with Crippen LogP contribution in [0.3, 0.4) is 0 Å². The van der Waals surface area contributed by atoms with Gasteiger partial charge in [-0.3, -0.25) is 9.59 Å². The number of phenols is 6. The maximum Gasteiger partial charge on any atom is 0.201 e. The highest BCUT2D eigenvalue weighted by atomic mass is 16.3. The summed E-state index contributed by atoms with van der Waals surface area (Å²) in [5, 5.41) is 57.7.